The number of carboxylic acid groups (broad SMARTS) is 1. The van der Waals surface area contributed by atoms with E-state index in [4.69, 9.17) is 0 Å². The van der Waals surface area contributed by atoms with Crippen molar-refractivity contribution in [3.63, 3.8) is 0 Å². The molecule has 0 amide bonds. The van der Waals surface area contributed by atoms with E-state index in [-0.39, 0.29) is 5.75 Å². The summed E-state index contributed by atoms with van der Waals surface area (Å²) in [4.78, 5) is 11.6. The van der Waals surface area contributed by atoms with E-state index >= 15 is 0 Å². The van der Waals surface area contributed by atoms with Crippen LogP contribution in [0.5, 0.6) is 5.75 Å². The summed E-state index contributed by atoms with van der Waals surface area (Å²) in [5.41, 5.74) is 2.62. The number of rotatable bonds is 4. The maximum Gasteiger partial charge on any atom is 0.330 e. The second-order valence-corrected chi connectivity index (χ2v) is 5.75. The van der Waals surface area contributed by atoms with E-state index in [1.165, 1.54) is 0 Å². The topological polar surface area (TPSA) is 69.6 Å². The molecule has 0 spiro atoms. The zero-order valence-corrected chi connectivity index (χ0v) is 13.3. The molecular formula is C16H16BrNO3. The Bertz CT molecular complexity index is 662. The van der Waals surface area contributed by atoms with Crippen molar-refractivity contribution in [3.8, 4) is 5.75 Å². The highest BCUT2D eigenvalue weighted by atomic mass is 79.9. The van der Waals surface area contributed by atoms with Gasteiger partial charge in [-0.25, -0.2) is 4.79 Å². The molecule has 0 heterocycles. The SMILES string of the molecule is Cc1cc(C(Nc2ccccc2Br)C(=O)O)cc(C)c1O. The molecule has 0 saturated heterocycles. The summed E-state index contributed by atoms with van der Waals surface area (Å²) in [6.07, 6.45) is 0. The van der Waals surface area contributed by atoms with E-state index in [1.54, 1.807) is 32.0 Å². The van der Waals surface area contributed by atoms with Gasteiger partial charge in [-0.3, -0.25) is 0 Å². The van der Waals surface area contributed by atoms with Gasteiger partial charge in [0.15, 0.2) is 6.04 Å². The Kier molecular flexibility index (Phi) is 4.53. The number of phenols is 1. The number of hydrogen-bond acceptors (Lipinski definition) is 3. The van der Waals surface area contributed by atoms with Gasteiger partial charge in [0.25, 0.3) is 0 Å². The molecule has 0 aliphatic heterocycles. The van der Waals surface area contributed by atoms with E-state index in [0.717, 1.165) is 4.47 Å². The molecule has 110 valence electrons. The fourth-order valence-electron chi connectivity index (χ4n) is 2.18. The Morgan fingerprint density at radius 3 is 2.29 bits per heavy atom. The van der Waals surface area contributed by atoms with E-state index in [2.05, 4.69) is 21.2 Å². The third kappa shape index (κ3) is 3.36. The lowest BCUT2D eigenvalue weighted by molar-refractivity contribution is -0.138. The Balaban J connectivity index is 2.41. The summed E-state index contributed by atoms with van der Waals surface area (Å²) in [6.45, 7) is 3.51. The number of benzene rings is 2. The van der Waals surface area contributed by atoms with Gasteiger partial charge in [0.2, 0.25) is 0 Å². The first kappa shape index (κ1) is 15.4. The zero-order valence-electron chi connectivity index (χ0n) is 11.7. The minimum absolute atomic E-state index is 0.198. The van der Waals surface area contributed by atoms with Gasteiger partial charge in [-0.1, -0.05) is 12.1 Å². The quantitative estimate of drug-likeness (QED) is 0.779. The Labute approximate surface area is 131 Å². The average molecular weight is 350 g/mol. The van der Waals surface area contributed by atoms with Crippen LogP contribution < -0.4 is 5.32 Å². The van der Waals surface area contributed by atoms with Crippen molar-refractivity contribution in [3.05, 3.63) is 57.6 Å². The number of aromatic hydroxyl groups is 1. The summed E-state index contributed by atoms with van der Waals surface area (Å²) in [5.74, 6) is -0.779. The van der Waals surface area contributed by atoms with Crippen LogP contribution >= 0.6 is 15.9 Å². The lowest BCUT2D eigenvalue weighted by atomic mass is 10.00. The largest absolute Gasteiger partial charge is 0.507 e. The predicted molar refractivity (Wildman–Crippen MR) is 85.7 cm³/mol. The van der Waals surface area contributed by atoms with Crippen molar-refractivity contribution in [2.24, 2.45) is 0 Å². The lowest BCUT2D eigenvalue weighted by Gasteiger charge is -2.19. The highest BCUT2D eigenvalue weighted by Crippen LogP contribution is 2.30. The standard InChI is InChI=1S/C16H16BrNO3/c1-9-7-11(8-10(2)15(9)19)14(16(20)21)18-13-6-4-3-5-12(13)17/h3-8,14,18-19H,1-2H3,(H,20,21). The number of aliphatic carboxylic acids is 1. The van der Waals surface area contributed by atoms with E-state index in [9.17, 15) is 15.0 Å². The smallest absolute Gasteiger partial charge is 0.330 e. The fourth-order valence-corrected chi connectivity index (χ4v) is 2.58. The molecule has 0 fully saturated rings. The van der Waals surface area contributed by atoms with Gasteiger partial charge in [0.1, 0.15) is 5.75 Å². The van der Waals surface area contributed by atoms with Crippen LogP contribution in [-0.4, -0.2) is 16.2 Å². The summed E-state index contributed by atoms with van der Waals surface area (Å²) in [7, 11) is 0. The van der Waals surface area contributed by atoms with Crippen molar-refractivity contribution in [1.82, 2.24) is 0 Å². The van der Waals surface area contributed by atoms with Crippen LogP contribution in [0.4, 0.5) is 5.69 Å². The second kappa shape index (κ2) is 6.18. The third-order valence-corrected chi connectivity index (χ3v) is 3.96. The minimum Gasteiger partial charge on any atom is -0.507 e. The van der Waals surface area contributed by atoms with Crippen LogP contribution in [0.25, 0.3) is 0 Å². The van der Waals surface area contributed by atoms with Crippen molar-refractivity contribution >= 4 is 27.6 Å². The molecule has 0 aromatic heterocycles. The number of aryl methyl sites for hydroxylation is 2. The van der Waals surface area contributed by atoms with Crippen LogP contribution in [0.2, 0.25) is 0 Å². The number of hydrogen-bond donors (Lipinski definition) is 3. The first-order valence-electron chi connectivity index (χ1n) is 6.44. The Morgan fingerprint density at radius 1 is 1.19 bits per heavy atom. The molecule has 3 N–H and O–H groups in total. The number of carbonyl (C=O) groups is 1. The van der Waals surface area contributed by atoms with Crippen LogP contribution in [0.15, 0.2) is 40.9 Å². The Morgan fingerprint density at radius 2 is 1.76 bits per heavy atom. The third-order valence-electron chi connectivity index (χ3n) is 3.27. The summed E-state index contributed by atoms with van der Waals surface area (Å²) in [6, 6.07) is 9.82. The average Bonchev–Trinajstić information content (AvgIpc) is 2.43. The van der Waals surface area contributed by atoms with Crippen LogP contribution in [0.1, 0.15) is 22.7 Å². The molecule has 0 radical (unpaired) electrons. The minimum atomic E-state index is -0.977. The maximum absolute atomic E-state index is 11.6. The molecule has 1 unspecified atom stereocenters. The molecule has 1 atom stereocenters. The van der Waals surface area contributed by atoms with Gasteiger partial charge in [0.05, 0.1) is 0 Å². The van der Waals surface area contributed by atoms with Crippen molar-refractivity contribution < 1.29 is 15.0 Å². The summed E-state index contributed by atoms with van der Waals surface area (Å²) in [5, 5.41) is 22.3. The van der Waals surface area contributed by atoms with E-state index in [0.29, 0.717) is 22.4 Å². The molecule has 0 saturated carbocycles. The predicted octanol–water partition coefficient (Wildman–Crippen LogP) is 4.01. The molecule has 2 aromatic carbocycles. The summed E-state index contributed by atoms with van der Waals surface area (Å²) < 4.78 is 0.795. The van der Waals surface area contributed by atoms with Gasteiger partial charge in [-0.15, -0.1) is 0 Å². The molecule has 0 aliphatic carbocycles. The molecule has 5 heteroatoms. The lowest BCUT2D eigenvalue weighted by Crippen LogP contribution is -2.21. The molecule has 4 nitrogen and oxygen atoms in total. The highest BCUT2D eigenvalue weighted by molar-refractivity contribution is 9.10. The van der Waals surface area contributed by atoms with Gasteiger partial charge < -0.3 is 15.5 Å². The molecule has 2 rings (SSSR count). The van der Waals surface area contributed by atoms with Crippen molar-refractivity contribution in [2.45, 2.75) is 19.9 Å². The molecule has 2 aromatic rings. The van der Waals surface area contributed by atoms with Crippen LogP contribution in [0.3, 0.4) is 0 Å². The second-order valence-electron chi connectivity index (χ2n) is 4.90. The zero-order chi connectivity index (χ0) is 15.6. The first-order valence-corrected chi connectivity index (χ1v) is 7.23. The molecule has 21 heavy (non-hydrogen) atoms. The van der Waals surface area contributed by atoms with Crippen LogP contribution in [0, 0.1) is 13.8 Å². The van der Waals surface area contributed by atoms with Gasteiger partial charge in [-0.05, 0) is 70.7 Å². The fraction of sp³-hybridized carbons (Fsp3) is 0.188. The van der Waals surface area contributed by atoms with Gasteiger partial charge >= 0.3 is 5.97 Å². The normalized spacial score (nSPS) is 12.0. The number of phenolic OH excluding ortho intramolecular Hbond substituents is 1. The number of carboxylic acids is 1. The maximum atomic E-state index is 11.6. The molecule has 0 aliphatic rings. The van der Waals surface area contributed by atoms with Gasteiger partial charge in [-0.2, -0.15) is 0 Å². The monoisotopic (exact) mass is 349 g/mol. The first-order chi connectivity index (χ1) is 9.90. The Hall–Kier alpha value is -2.01. The van der Waals surface area contributed by atoms with E-state index in [1.807, 2.05) is 18.2 Å². The van der Waals surface area contributed by atoms with Crippen LogP contribution in [-0.2, 0) is 4.79 Å². The van der Waals surface area contributed by atoms with Crippen molar-refractivity contribution in [2.75, 3.05) is 5.32 Å². The molecule has 0 bridgehead atoms. The summed E-state index contributed by atoms with van der Waals surface area (Å²) >= 11 is 3.39. The number of para-hydroxylation sites is 1. The number of halogens is 1. The van der Waals surface area contributed by atoms with Gasteiger partial charge in [0, 0.05) is 10.2 Å². The molecular weight excluding hydrogens is 334 g/mol. The highest BCUT2D eigenvalue weighted by Gasteiger charge is 2.22. The van der Waals surface area contributed by atoms with Crippen molar-refractivity contribution in [1.29, 1.82) is 0 Å². The van der Waals surface area contributed by atoms with E-state index < -0.39 is 12.0 Å². The number of anilines is 1. The number of nitrogens with one attached hydrogen (secondary N) is 1.